The molecule has 0 unspecified atom stereocenters. The molecule has 0 aromatic heterocycles. The van der Waals surface area contributed by atoms with Crippen molar-refractivity contribution < 1.29 is 19.4 Å². The topological polar surface area (TPSA) is 83.6 Å². The standard InChI is InChI=1S/C8H7BrFNO3/c9-3-1-4(10)7(13)8(14)6(3)5(12)2-11/h1,13-14H,2,11H2. The van der Waals surface area contributed by atoms with Crippen LogP contribution in [0.3, 0.4) is 0 Å². The minimum Gasteiger partial charge on any atom is -0.504 e. The summed E-state index contributed by atoms with van der Waals surface area (Å²) < 4.78 is 12.9. The van der Waals surface area contributed by atoms with Crippen LogP contribution in [0.25, 0.3) is 0 Å². The second-order valence-electron chi connectivity index (χ2n) is 2.54. The predicted octanol–water partition coefficient (Wildman–Crippen LogP) is 1.14. The van der Waals surface area contributed by atoms with Crippen molar-refractivity contribution in [3.8, 4) is 11.5 Å². The number of hydrogen-bond acceptors (Lipinski definition) is 4. The van der Waals surface area contributed by atoms with E-state index in [4.69, 9.17) is 10.8 Å². The first-order valence-corrected chi connectivity index (χ1v) is 4.41. The number of aromatic hydroxyl groups is 2. The molecule has 0 bridgehead atoms. The summed E-state index contributed by atoms with van der Waals surface area (Å²) in [5, 5.41) is 18.3. The van der Waals surface area contributed by atoms with Gasteiger partial charge in [0.1, 0.15) is 0 Å². The van der Waals surface area contributed by atoms with Gasteiger partial charge in [0.15, 0.2) is 23.1 Å². The predicted molar refractivity (Wildman–Crippen MR) is 50.8 cm³/mol. The molecule has 1 rings (SSSR count). The zero-order valence-corrected chi connectivity index (χ0v) is 8.51. The van der Waals surface area contributed by atoms with Gasteiger partial charge in [0.25, 0.3) is 0 Å². The highest BCUT2D eigenvalue weighted by Gasteiger charge is 2.20. The molecule has 0 fully saturated rings. The van der Waals surface area contributed by atoms with Crippen molar-refractivity contribution in [2.45, 2.75) is 0 Å². The van der Waals surface area contributed by atoms with Crippen LogP contribution in [0.5, 0.6) is 11.5 Å². The number of ketones is 1. The van der Waals surface area contributed by atoms with Gasteiger partial charge in [0.2, 0.25) is 0 Å². The van der Waals surface area contributed by atoms with Gasteiger partial charge < -0.3 is 15.9 Å². The van der Waals surface area contributed by atoms with Crippen molar-refractivity contribution in [1.82, 2.24) is 0 Å². The summed E-state index contributed by atoms with van der Waals surface area (Å²) in [4.78, 5) is 11.2. The first-order valence-electron chi connectivity index (χ1n) is 3.62. The molecule has 0 saturated carbocycles. The fourth-order valence-corrected chi connectivity index (χ4v) is 1.57. The van der Waals surface area contributed by atoms with Crippen LogP contribution in [0.15, 0.2) is 10.5 Å². The third-order valence-corrected chi connectivity index (χ3v) is 2.27. The van der Waals surface area contributed by atoms with E-state index in [1.54, 1.807) is 0 Å². The van der Waals surface area contributed by atoms with E-state index in [2.05, 4.69) is 15.9 Å². The molecule has 1 aromatic carbocycles. The molecule has 4 N–H and O–H groups in total. The van der Waals surface area contributed by atoms with Crippen LogP contribution in [-0.2, 0) is 0 Å². The molecule has 0 saturated heterocycles. The zero-order valence-electron chi connectivity index (χ0n) is 6.92. The maximum absolute atomic E-state index is 12.8. The van der Waals surface area contributed by atoms with Gasteiger partial charge in [-0.25, -0.2) is 4.39 Å². The summed E-state index contributed by atoms with van der Waals surface area (Å²) >= 11 is 2.89. The van der Waals surface area contributed by atoms with Crippen LogP contribution in [0.2, 0.25) is 0 Å². The van der Waals surface area contributed by atoms with Crippen molar-refractivity contribution in [3.05, 3.63) is 21.9 Å². The van der Waals surface area contributed by atoms with Crippen LogP contribution in [0.1, 0.15) is 10.4 Å². The maximum atomic E-state index is 12.8. The molecular weight excluding hydrogens is 257 g/mol. The fourth-order valence-electron chi connectivity index (χ4n) is 0.964. The molecule has 0 atom stereocenters. The molecule has 0 amide bonds. The number of phenols is 2. The number of hydrogen-bond donors (Lipinski definition) is 3. The van der Waals surface area contributed by atoms with E-state index in [0.717, 1.165) is 6.07 Å². The number of rotatable bonds is 2. The second-order valence-corrected chi connectivity index (χ2v) is 3.39. The van der Waals surface area contributed by atoms with E-state index in [1.165, 1.54) is 0 Å². The molecule has 0 spiro atoms. The lowest BCUT2D eigenvalue weighted by atomic mass is 10.1. The molecule has 0 aliphatic rings. The molecule has 0 aliphatic heterocycles. The molecule has 0 heterocycles. The molecule has 0 radical (unpaired) electrons. The Bertz CT molecular complexity index is 395. The minimum atomic E-state index is -1.01. The van der Waals surface area contributed by atoms with Gasteiger partial charge in [-0.15, -0.1) is 0 Å². The summed E-state index contributed by atoms with van der Waals surface area (Å²) in [6, 6.07) is 0.887. The molecule has 0 aliphatic carbocycles. The molecule has 76 valence electrons. The third-order valence-electron chi connectivity index (χ3n) is 1.64. The summed E-state index contributed by atoms with van der Waals surface area (Å²) in [7, 11) is 0. The molecule has 6 heteroatoms. The normalized spacial score (nSPS) is 10.2. The lowest BCUT2D eigenvalue weighted by Gasteiger charge is -2.07. The number of halogens is 2. The Morgan fingerprint density at radius 2 is 2.07 bits per heavy atom. The van der Waals surface area contributed by atoms with E-state index in [1.807, 2.05) is 0 Å². The van der Waals surface area contributed by atoms with Gasteiger partial charge in [-0.1, -0.05) is 0 Å². The summed E-state index contributed by atoms with van der Waals surface area (Å²) in [5.41, 5.74) is 4.86. The van der Waals surface area contributed by atoms with Crippen LogP contribution in [-0.4, -0.2) is 22.5 Å². The van der Waals surface area contributed by atoms with Gasteiger partial charge in [-0.2, -0.15) is 0 Å². The summed E-state index contributed by atoms with van der Waals surface area (Å²) in [5.74, 6) is -3.36. The van der Waals surface area contributed by atoms with Crippen molar-refractivity contribution >= 4 is 21.7 Å². The Balaban J connectivity index is 3.44. The average Bonchev–Trinajstić information content (AvgIpc) is 2.14. The number of nitrogens with two attached hydrogens (primary N) is 1. The van der Waals surface area contributed by atoms with E-state index in [0.29, 0.717) is 0 Å². The van der Waals surface area contributed by atoms with Crippen molar-refractivity contribution in [2.24, 2.45) is 5.73 Å². The zero-order chi connectivity index (χ0) is 10.9. The van der Waals surface area contributed by atoms with Crippen LogP contribution < -0.4 is 5.73 Å². The van der Waals surface area contributed by atoms with Gasteiger partial charge in [-0.05, 0) is 22.0 Å². The summed E-state index contributed by atoms with van der Waals surface area (Å²) in [6.07, 6.45) is 0. The largest absolute Gasteiger partial charge is 0.504 e. The van der Waals surface area contributed by atoms with Crippen LogP contribution in [0.4, 0.5) is 4.39 Å². The Hall–Kier alpha value is -1.14. The van der Waals surface area contributed by atoms with Crippen molar-refractivity contribution in [3.63, 3.8) is 0 Å². The Kier molecular flexibility index (Phi) is 3.07. The number of carbonyl (C=O) groups is 1. The minimum absolute atomic E-state index is 0.0563. The van der Waals surface area contributed by atoms with Crippen molar-refractivity contribution in [1.29, 1.82) is 0 Å². The number of Topliss-reactive ketones (excluding diaryl/α,β-unsaturated/α-hetero) is 1. The van der Waals surface area contributed by atoms with E-state index in [9.17, 15) is 14.3 Å². The fraction of sp³-hybridized carbons (Fsp3) is 0.125. The smallest absolute Gasteiger partial charge is 0.194 e. The highest BCUT2D eigenvalue weighted by molar-refractivity contribution is 9.10. The number of phenolic OH excluding ortho intramolecular Hbond substituents is 2. The van der Waals surface area contributed by atoms with E-state index < -0.39 is 23.1 Å². The van der Waals surface area contributed by atoms with Crippen molar-refractivity contribution in [2.75, 3.05) is 6.54 Å². The maximum Gasteiger partial charge on any atom is 0.194 e. The molecule has 4 nitrogen and oxygen atoms in total. The van der Waals surface area contributed by atoms with Gasteiger partial charge in [0, 0.05) is 4.47 Å². The van der Waals surface area contributed by atoms with Gasteiger partial charge in [0.05, 0.1) is 12.1 Å². The number of carbonyl (C=O) groups excluding carboxylic acids is 1. The van der Waals surface area contributed by atoms with Crippen LogP contribution in [0, 0.1) is 5.82 Å². The monoisotopic (exact) mass is 263 g/mol. The van der Waals surface area contributed by atoms with E-state index in [-0.39, 0.29) is 16.6 Å². The number of benzene rings is 1. The van der Waals surface area contributed by atoms with Gasteiger partial charge >= 0.3 is 0 Å². The highest BCUT2D eigenvalue weighted by Crippen LogP contribution is 2.36. The lowest BCUT2D eigenvalue weighted by Crippen LogP contribution is -2.14. The molecule has 1 aromatic rings. The second kappa shape index (κ2) is 3.93. The molecular formula is C8H7BrFNO3. The molecule has 14 heavy (non-hydrogen) atoms. The summed E-state index contributed by atoms with van der Waals surface area (Å²) in [6.45, 7) is -0.336. The van der Waals surface area contributed by atoms with Crippen LogP contribution >= 0.6 is 15.9 Å². The first-order chi connectivity index (χ1) is 6.49. The highest BCUT2D eigenvalue weighted by atomic mass is 79.9. The Morgan fingerprint density at radius 3 is 2.57 bits per heavy atom. The quantitative estimate of drug-likeness (QED) is 0.552. The van der Waals surface area contributed by atoms with Gasteiger partial charge in [-0.3, -0.25) is 4.79 Å². The average molecular weight is 264 g/mol. The lowest BCUT2D eigenvalue weighted by molar-refractivity contribution is 0.0997. The Labute approximate surface area is 87.3 Å². The third kappa shape index (κ3) is 1.71. The van der Waals surface area contributed by atoms with E-state index >= 15 is 0 Å². The first kappa shape index (κ1) is 10.9. The Morgan fingerprint density at radius 1 is 1.50 bits per heavy atom. The SMILES string of the molecule is NCC(=O)c1c(Br)cc(F)c(O)c1O.